The van der Waals surface area contributed by atoms with Gasteiger partial charge in [0.2, 0.25) is 0 Å². The monoisotopic (exact) mass is 298 g/mol. The van der Waals surface area contributed by atoms with Gasteiger partial charge in [0.05, 0.1) is 6.61 Å². The fourth-order valence-corrected chi connectivity index (χ4v) is 1.59. The van der Waals surface area contributed by atoms with E-state index in [1.165, 1.54) is 0 Å². The molecular formula is C13H9F3N2O3. The van der Waals surface area contributed by atoms with Crippen LogP contribution in [0.4, 0.5) is 13.2 Å². The number of carbonyl (C=O) groups excluding carboxylic acids is 1. The maximum atomic E-state index is 13.1. The quantitative estimate of drug-likeness (QED) is 0.695. The largest absolute Gasteiger partial charge is 0.462 e. The third kappa shape index (κ3) is 2.93. The van der Waals surface area contributed by atoms with Crippen LogP contribution in [0.2, 0.25) is 0 Å². The van der Waals surface area contributed by atoms with Crippen LogP contribution in [0, 0.1) is 17.5 Å². The Labute approximate surface area is 116 Å². The molecule has 21 heavy (non-hydrogen) atoms. The Morgan fingerprint density at radius 3 is 2.43 bits per heavy atom. The van der Waals surface area contributed by atoms with Crippen LogP contribution in [-0.2, 0) is 4.74 Å². The first-order valence-electron chi connectivity index (χ1n) is 5.85. The van der Waals surface area contributed by atoms with E-state index in [1.807, 2.05) is 0 Å². The highest BCUT2D eigenvalue weighted by molar-refractivity contribution is 5.88. The molecule has 0 aliphatic carbocycles. The molecule has 0 aliphatic rings. The molecular weight excluding hydrogens is 289 g/mol. The molecule has 5 nitrogen and oxygen atoms in total. The number of nitrogens with zero attached hydrogens (tertiary/aromatic N) is 1. The van der Waals surface area contributed by atoms with Gasteiger partial charge < -0.3 is 9.72 Å². The second-order valence-corrected chi connectivity index (χ2v) is 3.95. The number of hydrogen-bond donors (Lipinski definition) is 1. The normalized spacial score (nSPS) is 10.5. The average Bonchev–Trinajstić information content (AvgIpc) is 2.44. The predicted molar refractivity (Wildman–Crippen MR) is 66.1 cm³/mol. The van der Waals surface area contributed by atoms with Crippen LogP contribution in [0.15, 0.2) is 23.1 Å². The van der Waals surface area contributed by atoms with Crippen molar-refractivity contribution in [1.29, 1.82) is 0 Å². The summed E-state index contributed by atoms with van der Waals surface area (Å²) in [4.78, 5) is 29.0. The molecule has 0 unspecified atom stereocenters. The molecule has 0 fully saturated rings. The Morgan fingerprint density at radius 1 is 1.29 bits per heavy atom. The lowest BCUT2D eigenvalue weighted by Gasteiger charge is -2.04. The van der Waals surface area contributed by atoms with Crippen LogP contribution in [0.1, 0.15) is 17.3 Å². The number of hydrogen-bond acceptors (Lipinski definition) is 4. The Kier molecular flexibility index (Phi) is 4.06. The van der Waals surface area contributed by atoms with E-state index < -0.39 is 29.0 Å². The minimum Gasteiger partial charge on any atom is -0.462 e. The van der Waals surface area contributed by atoms with E-state index in [9.17, 15) is 22.8 Å². The van der Waals surface area contributed by atoms with Crippen molar-refractivity contribution in [3.8, 4) is 11.4 Å². The molecule has 0 atom stereocenters. The summed E-state index contributed by atoms with van der Waals surface area (Å²) in [6.45, 7) is 1.65. The van der Waals surface area contributed by atoms with Gasteiger partial charge in [0.15, 0.2) is 17.5 Å². The first kappa shape index (κ1) is 14.8. The SMILES string of the molecule is CCOC(=O)c1cnc(-c2cc(F)c(F)c(F)c2)[nH]c1=O. The molecule has 0 amide bonds. The fraction of sp³-hybridized carbons (Fsp3) is 0.154. The van der Waals surface area contributed by atoms with Gasteiger partial charge in [0.25, 0.3) is 5.56 Å². The Bertz CT molecular complexity index is 736. The van der Waals surface area contributed by atoms with Crippen LogP contribution in [0.25, 0.3) is 11.4 Å². The lowest BCUT2D eigenvalue weighted by atomic mass is 10.2. The van der Waals surface area contributed by atoms with Gasteiger partial charge >= 0.3 is 5.97 Å². The molecule has 8 heteroatoms. The van der Waals surface area contributed by atoms with Gasteiger partial charge in [-0.2, -0.15) is 0 Å². The minimum absolute atomic E-state index is 0.0778. The maximum absolute atomic E-state index is 13.1. The van der Waals surface area contributed by atoms with Crippen molar-refractivity contribution in [2.24, 2.45) is 0 Å². The van der Waals surface area contributed by atoms with E-state index in [1.54, 1.807) is 6.92 Å². The second-order valence-electron chi connectivity index (χ2n) is 3.95. The van der Waals surface area contributed by atoms with Gasteiger partial charge in [0, 0.05) is 11.8 Å². The van der Waals surface area contributed by atoms with Crippen LogP contribution < -0.4 is 5.56 Å². The Morgan fingerprint density at radius 2 is 1.90 bits per heavy atom. The van der Waals surface area contributed by atoms with E-state index in [2.05, 4.69) is 14.7 Å². The summed E-state index contributed by atoms with van der Waals surface area (Å²) in [5.41, 5.74) is -1.34. The van der Waals surface area contributed by atoms with Crippen molar-refractivity contribution < 1.29 is 22.7 Å². The molecule has 0 spiro atoms. The molecule has 0 radical (unpaired) electrons. The van der Waals surface area contributed by atoms with Crippen molar-refractivity contribution in [3.05, 3.63) is 51.7 Å². The highest BCUT2D eigenvalue weighted by atomic mass is 19.2. The first-order valence-corrected chi connectivity index (χ1v) is 5.85. The topological polar surface area (TPSA) is 72.0 Å². The molecule has 0 saturated heterocycles. The zero-order valence-corrected chi connectivity index (χ0v) is 10.7. The van der Waals surface area contributed by atoms with Crippen LogP contribution in [0.3, 0.4) is 0 Å². The number of aromatic amines is 1. The lowest BCUT2D eigenvalue weighted by molar-refractivity contribution is 0.0523. The molecule has 1 aromatic heterocycles. The number of aromatic nitrogens is 2. The minimum atomic E-state index is -1.62. The van der Waals surface area contributed by atoms with Gasteiger partial charge in [-0.3, -0.25) is 4.79 Å². The van der Waals surface area contributed by atoms with Crippen molar-refractivity contribution in [1.82, 2.24) is 9.97 Å². The number of halogens is 3. The summed E-state index contributed by atoms with van der Waals surface area (Å²) < 4.78 is 43.7. The van der Waals surface area contributed by atoms with Crippen molar-refractivity contribution in [3.63, 3.8) is 0 Å². The van der Waals surface area contributed by atoms with E-state index in [4.69, 9.17) is 0 Å². The van der Waals surface area contributed by atoms with Gasteiger partial charge in [0.1, 0.15) is 11.4 Å². The highest BCUT2D eigenvalue weighted by Crippen LogP contribution is 2.20. The van der Waals surface area contributed by atoms with Crippen LogP contribution >= 0.6 is 0 Å². The van der Waals surface area contributed by atoms with Crippen molar-refractivity contribution in [2.75, 3.05) is 6.61 Å². The highest BCUT2D eigenvalue weighted by Gasteiger charge is 2.16. The third-order valence-corrected chi connectivity index (χ3v) is 2.55. The number of rotatable bonds is 3. The average molecular weight is 298 g/mol. The number of benzene rings is 1. The zero-order chi connectivity index (χ0) is 15.6. The Balaban J connectivity index is 2.46. The molecule has 0 bridgehead atoms. The smallest absolute Gasteiger partial charge is 0.345 e. The van der Waals surface area contributed by atoms with Gasteiger partial charge in [-0.25, -0.2) is 22.9 Å². The molecule has 2 rings (SSSR count). The van der Waals surface area contributed by atoms with Crippen molar-refractivity contribution >= 4 is 5.97 Å². The Hall–Kier alpha value is -2.64. The van der Waals surface area contributed by atoms with Gasteiger partial charge in [-0.1, -0.05) is 0 Å². The molecule has 0 aliphatic heterocycles. The number of carbonyl (C=O) groups is 1. The number of H-pyrrole nitrogens is 1. The van der Waals surface area contributed by atoms with E-state index in [-0.39, 0.29) is 23.6 Å². The summed E-state index contributed by atoms with van der Waals surface area (Å²) in [5, 5.41) is 0. The second kappa shape index (κ2) is 5.78. The molecule has 110 valence electrons. The summed E-state index contributed by atoms with van der Waals surface area (Å²) in [5.74, 6) is -5.52. The summed E-state index contributed by atoms with van der Waals surface area (Å²) in [6.07, 6.45) is 0.922. The van der Waals surface area contributed by atoms with E-state index in [0.29, 0.717) is 12.1 Å². The summed E-state index contributed by atoms with van der Waals surface area (Å²) in [6, 6.07) is 1.36. The summed E-state index contributed by atoms with van der Waals surface area (Å²) in [7, 11) is 0. The first-order chi connectivity index (χ1) is 9.93. The standard InChI is InChI=1S/C13H9F3N2O3/c1-2-21-13(20)7-5-17-11(18-12(7)19)6-3-8(14)10(16)9(15)4-6/h3-5H,2H2,1H3,(H,17,18,19). The van der Waals surface area contributed by atoms with Crippen molar-refractivity contribution in [2.45, 2.75) is 6.92 Å². The third-order valence-electron chi connectivity index (χ3n) is 2.55. The van der Waals surface area contributed by atoms with E-state index in [0.717, 1.165) is 6.20 Å². The molecule has 1 N–H and O–H groups in total. The van der Waals surface area contributed by atoms with Crippen LogP contribution in [0.5, 0.6) is 0 Å². The van der Waals surface area contributed by atoms with Gasteiger partial charge in [-0.05, 0) is 19.1 Å². The molecule has 0 saturated carbocycles. The zero-order valence-electron chi connectivity index (χ0n) is 10.7. The number of esters is 1. The lowest BCUT2D eigenvalue weighted by Crippen LogP contribution is -2.21. The number of nitrogens with one attached hydrogen (secondary N) is 1. The molecule has 2 aromatic rings. The van der Waals surface area contributed by atoms with Gasteiger partial charge in [-0.15, -0.1) is 0 Å². The predicted octanol–water partition coefficient (Wildman–Crippen LogP) is 2.03. The fourth-order valence-electron chi connectivity index (χ4n) is 1.59. The molecule has 1 heterocycles. The van der Waals surface area contributed by atoms with Crippen LogP contribution in [-0.4, -0.2) is 22.5 Å². The number of ether oxygens (including phenoxy) is 1. The molecule has 1 aromatic carbocycles. The van der Waals surface area contributed by atoms with E-state index >= 15 is 0 Å². The maximum Gasteiger partial charge on any atom is 0.345 e. The summed E-state index contributed by atoms with van der Waals surface area (Å²) >= 11 is 0.